The molecule has 3 aromatic rings. The van der Waals surface area contributed by atoms with Gasteiger partial charge >= 0.3 is 0 Å². The van der Waals surface area contributed by atoms with E-state index in [1.54, 1.807) is 36.4 Å². The zero-order valence-corrected chi connectivity index (χ0v) is 16.3. The van der Waals surface area contributed by atoms with Gasteiger partial charge in [-0.2, -0.15) is 0 Å². The Morgan fingerprint density at radius 1 is 1.03 bits per heavy atom. The number of rotatable bonds is 9. The Morgan fingerprint density at radius 3 is 2.59 bits per heavy atom. The van der Waals surface area contributed by atoms with Gasteiger partial charge in [0, 0.05) is 24.2 Å². The normalized spacial score (nSPS) is 11.5. The predicted octanol–water partition coefficient (Wildman–Crippen LogP) is 4.22. The molecule has 0 radical (unpaired) electrons. The molecule has 6 heteroatoms. The summed E-state index contributed by atoms with van der Waals surface area (Å²) in [5.74, 6) is 0.438. The lowest BCUT2D eigenvalue weighted by atomic mass is 9.96. The molecule has 0 fully saturated rings. The third-order valence-electron chi connectivity index (χ3n) is 4.52. The fourth-order valence-electron chi connectivity index (χ4n) is 2.92. The molecule has 150 valence electrons. The van der Waals surface area contributed by atoms with E-state index >= 15 is 0 Å². The molecule has 2 amide bonds. The molecule has 0 spiro atoms. The van der Waals surface area contributed by atoms with Gasteiger partial charge in [0.05, 0.1) is 6.26 Å². The van der Waals surface area contributed by atoms with Gasteiger partial charge in [0.15, 0.2) is 12.4 Å². The molecule has 2 aromatic carbocycles. The highest BCUT2D eigenvalue weighted by Crippen LogP contribution is 2.19. The molecule has 29 heavy (non-hydrogen) atoms. The molecule has 3 rings (SSSR count). The number of benzene rings is 2. The zero-order valence-electron chi connectivity index (χ0n) is 16.3. The van der Waals surface area contributed by atoms with Crippen molar-refractivity contribution in [3.63, 3.8) is 0 Å². The van der Waals surface area contributed by atoms with E-state index in [1.807, 2.05) is 18.2 Å². The summed E-state index contributed by atoms with van der Waals surface area (Å²) >= 11 is 0. The Hall–Kier alpha value is -3.54. The second-order valence-electron chi connectivity index (χ2n) is 6.57. The zero-order chi connectivity index (χ0) is 20.5. The van der Waals surface area contributed by atoms with Gasteiger partial charge in [0.25, 0.3) is 11.8 Å². The van der Waals surface area contributed by atoms with Crippen LogP contribution in [-0.2, 0) is 4.79 Å². The quantitative estimate of drug-likeness (QED) is 0.571. The number of hydrogen-bond donors (Lipinski definition) is 2. The second-order valence-corrected chi connectivity index (χ2v) is 6.57. The summed E-state index contributed by atoms with van der Waals surface area (Å²) in [6.45, 7) is 2.56. The summed E-state index contributed by atoms with van der Waals surface area (Å²) in [7, 11) is 0. The highest BCUT2D eigenvalue weighted by atomic mass is 16.5. The van der Waals surface area contributed by atoms with Gasteiger partial charge in [-0.1, -0.05) is 43.3 Å². The Labute approximate surface area is 169 Å². The van der Waals surface area contributed by atoms with Crippen LogP contribution in [0.4, 0.5) is 5.69 Å². The van der Waals surface area contributed by atoms with Crippen LogP contribution >= 0.6 is 0 Å². The van der Waals surface area contributed by atoms with Gasteiger partial charge in [0.1, 0.15) is 5.75 Å². The molecule has 0 saturated carbocycles. The maximum absolute atomic E-state index is 12.2. The van der Waals surface area contributed by atoms with E-state index in [0.717, 1.165) is 6.42 Å². The van der Waals surface area contributed by atoms with Crippen molar-refractivity contribution in [2.24, 2.45) is 0 Å². The summed E-state index contributed by atoms with van der Waals surface area (Å²) in [4.78, 5) is 24.2. The van der Waals surface area contributed by atoms with Crippen molar-refractivity contribution < 1.29 is 18.7 Å². The maximum atomic E-state index is 12.2. The fraction of sp³-hybridized carbons (Fsp3) is 0.217. The van der Waals surface area contributed by atoms with E-state index < -0.39 is 0 Å². The first kappa shape index (κ1) is 20.2. The van der Waals surface area contributed by atoms with Crippen LogP contribution in [0.2, 0.25) is 0 Å². The van der Waals surface area contributed by atoms with Gasteiger partial charge in [-0.3, -0.25) is 9.59 Å². The summed E-state index contributed by atoms with van der Waals surface area (Å²) in [6.07, 6.45) is 2.37. The third-order valence-corrected chi connectivity index (χ3v) is 4.52. The van der Waals surface area contributed by atoms with Crippen molar-refractivity contribution in [3.8, 4) is 5.75 Å². The van der Waals surface area contributed by atoms with Crippen molar-refractivity contribution in [1.82, 2.24) is 5.32 Å². The molecule has 0 aliphatic heterocycles. The topological polar surface area (TPSA) is 80.6 Å². The number of carbonyl (C=O) groups is 2. The summed E-state index contributed by atoms with van der Waals surface area (Å²) in [6, 6.07) is 20.2. The summed E-state index contributed by atoms with van der Waals surface area (Å²) in [5, 5.41) is 5.65. The summed E-state index contributed by atoms with van der Waals surface area (Å²) in [5.41, 5.74) is 1.76. The lowest BCUT2D eigenvalue weighted by Crippen LogP contribution is -2.32. The van der Waals surface area contributed by atoms with Crippen molar-refractivity contribution in [3.05, 3.63) is 84.3 Å². The molecule has 0 aliphatic rings. The standard InChI is InChI=1S/C23H24N2O4/c1-2-17(18-8-4-3-5-9-18)15-24-22(26)16-29-20-11-6-10-19(14-20)25-23(27)21-12-7-13-28-21/h3-14,17H,2,15-16H2,1H3,(H,24,26)(H,25,27). The van der Waals surface area contributed by atoms with Crippen LogP contribution in [0.25, 0.3) is 0 Å². The Kier molecular flexibility index (Phi) is 7.05. The highest BCUT2D eigenvalue weighted by Gasteiger charge is 2.12. The molecule has 1 heterocycles. The van der Waals surface area contributed by atoms with Crippen molar-refractivity contribution >= 4 is 17.5 Å². The molecule has 1 atom stereocenters. The first-order chi connectivity index (χ1) is 14.2. The van der Waals surface area contributed by atoms with E-state index in [9.17, 15) is 9.59 Å². The largest absolute Gasteiger partial charge is 0.484 e. The van der Waals surface area contributed by atoms with Crippen molar-refractivity contribution in [2.75, 3.05) is 18.5 Å². The van der Waals surface area contributed by atoms with E-state index in [4.69, 9.17) is 9.15 Å². The fourth-order valence-corrected chi connectivity index (χ4v) is 2.92. The Morgan fingerprint density at radius 2 is 1.86 bits per heavy atom. The van der Waals surface area contributed by atoms with Crippen LogP contribution in [0.3, 0.4) is 0 Å². The Balaban J connectivity index is 1.48. The van der Waals surface area contributed by atoms with Gasteiger partial charge in [0.2, 0.25) is 0 Å². The SMILES string of the molecule is CCC(CNC(=O)COc1cccc(NC(=O)c2ccco2)c1)c1ccccc1. The number of carbonyl (C=O) groups excluding carboxylic acids is 2. The van der Waals surface area contributed by atoms with Gasteiger partial charge in [-0.25, -0.2) is 0 Å². The molecule has 0 saturated heterocycles. The molecule has 2 N–H and O–H groups in total. The van der Waals surface area contributed by atoms with Crippen LogP contribution in [0.1, 0.15) is 35.4 Å². The van der Waals surface area contributed by atoms with Gasteiger partial charge < -0.3 is 19.8 Å². The van der Waals surface area contributed by atoms with Crippen LogP contribution < -0.4 is 15.4 Å². The van der Waals surface area contributed by atoms with E-state index in [2.05, 4.69) is 29.7 Å². The van der Waals surface area contributed by atoms with Crippen LogP contribution in [-0.4, -0.2) is 25.0 Å². The molecule has 0 bridgehead atoms. The summed E-state index contributed by atoms with van der Waals surface area (Å²) < 4.78 is 10.6. The maximum Gasteiger partial charge on any atom is 0.291 e. The third kappa shape index (κ3) is 5.97. The number of anilines is 1. The molecular formula is C23H24N2O4. The van der Waals surface area contributed by atoms with Crippen LogP contribution in [0, 0.1) is 0 Å². The monoisotopic (exact) mass is 392 g/mol. The van der Waals surface area contributed by atoms with Crippen LogP contribution in [0.15, 0.2) is 77.4 Å². The van der Waals surface area contributed by atoms with Crippen molar-refractivity contribution in [2.45, 2.75) is 19.3 Å². The van der Waals surface area contributed by atoms with E-state index in [-0.39, 0.29) is 30.1 Å². The highest BCUT2D eigenvalue weighted by molar-refractivity contribution is 6.02. The molecule has 0 aliphatic carbocycles. The predicted molar refractivity (Wildman–Crippen MR) is 111 cm³/mol. The number of ether oxygens (including phenoxy) is 1. The van der Waals surface area contributed by atoms with Crippen molar-refractivity contribution in [1.29, 1.82) is 0 Å². The molecular weight excluding hydrogens is 368 g/mol. The minimum Gasteiger partial charge on any atom is -0.484 e. The first-order valence-electron chi connectivity index (χ1n) is 9.55. The lowest BCUT2D eigenvalue weighted by Gasteiger charge is -2.16. The number of hydrogen-bond acceptors (Lipinski definition) is 4. The smallest absolute Gasteiger partial charge is 0.291 e. The molecule has 1 unspecified atom stereocenters. The first-order valence-corrected chi connectivity index (χ1v) is 9.55. The number of furan rings is 1. The van der Waals surface area contributed by atoms with E-state index in [1.165, 1.54) is 11.8 Å². The van der Waals surface area contributed by atoms with Crippen LogP contribution in [0.5, 0.6) is 5.75 Å². The Bertz CT molecular complexity index is 923. The molecule has 6 nitrogen and oxygen atoms in total. The van der Waals surface area contributed by atoms with Gasteiger partial charge in [-0.15, -0.1) is 0 Å². The minimum absolute atomic E-state index is 0.0964. The molecule has 1 aromatic heterocycles. The average molecular weight is 392 g/mol. The number of amides is 2. The average Bonchev–Trinajstić information content (AvgIpc) is 3.29. The number of nitrogens with one attached hydrogen (secondary N) is 2. The minimum atomic E-state index is -0.351. The lowest BCUT2D eigenvalue weighted by molar-refractivity contribution is -0.123. The second kappa shape index (κ2) is 10.1. The van der Waals surface area contributed by atoms with Gasteiger partial charge in [-0.05, 0) is 36.2 Å². The van der Waals surface area contributed by atoms with E-state index in [0.29, 0.717) is 18.0 Å².